The number of anilines is 1. The molecule has 0 spiro atoms. The fraction of sp³-hybridized carbons (Fsp3) is 0.643. The number of hydrogen-bond acceptors (Lipinski definition) is 4. The van der Waals surface area contributed by atoms with E-state index < -0.39 is 10.8 Å². The van der Waals surface area contributed by atoms with Crippen LogP contribution in [0.15, 0.2) is 18.3 Å². The van der Waals surface area contributed by atoms with Crippen LogP contribution in [0.3, 0.4) is 0 Å². The Morgan fingerprint density at radius 1 is 1.47 bits per heavy atom. The number of aromatic nitrogens is 1. The van der Waals surface area contributed by atoms with Crippen LogP contribution in [0.4, 0.5) is 5.82 Å². The number of nitrogens with zero attached hydrogens (tertiary/aromatic N) is 2. The van der Waals surface area contributed by atoms with E-state index in [1.54, 1.807) is 0 Å². The molecular weight excluding hydrogens is 258 g/mol. The summed E-state index contributed by atoms with van der Waals surface area (Å²) >= 11 is 0. The van der Waals surface area contributed by atoms with E-state index in [-0.39, 0.29) is 0 Å². The van der Waals surface area contributed by atoms with Crippen molar-refractivity contribution >= 4 is 16.6 Å². The second-order valence-electron chi connectivity index (χ2n) is 4.96. The van der Waals surface area contributed by atoms with Crippen LogP contribution in [0.1, 0.15) is 31.9 Å². The summed E-state index contributed by atoms with van der Waals surface area (Å²) in [6.45, 7) is 7.08. The molecule has 1 unspecified atom stereocenters. The summed E-state index contributed by atoms with van der Waals surface area (Å²) in [5.74, 6) is 2.53. The molecule has 19 heavy (non-hydrogen) atoms. The maximum Gasteiger partial charge on any atom is 0.128 e. The van der Waals surface area contributed by atoms with Gasteiger partial charge in [-0.3, -0.25) is 4.21 Å². The molecule has 2 rings (SSSR count). The van der Waals surface area contributed by atoms with Gasteiger partial charge in [0.2, 0.25) is 0 Å². The monoisotopic (exact) mass is 281 g/mol. The summed E-state index contributed by atoms with van der Waals surface area (Å²) in [5.41, 5.74) is 1.27. The fourth-order valence-corrected chi connectivity index (χ4v) is 3.27. The van der Waals surface area contributed by atoms with Crippen LogP contribution in [0.2, 0.25) is 0 Å². The lowest BCUT2D eigenvalue weighted by atomic mass is 10.1. The molecule has 1 aromatic heterocycles. The normalized spacial score (nSPS) is 18.5. The summed E-state index contributed by atoms with van der Waals surface area (Å²) in [4.78, 5) is 6.68. The molecule has 4 nitrogen and oxygen atoms in total. The van der Waals surface area contributed by atoms with Crippen molar-refractivity contribution in [3.8, 4) is 0 Å². The van der Waals surface area contributed by atoms with Gasteiger partial charge in [-0.2, -0.15) is 0 Å². The molecule has 0 bridgehead atoms. The minimum Gasteiger partial charge on any atom is -0.355 e. The van der Waals surface area contributed by atoms with E-state index >= 15 is 0 Å². The van der Waals surface area contributed by atoms with Gasteiger partial charge in [0.05, 0.1) is 0 Å². The summed E-state index contributed by atoms with van der Waals surface area (Å²) < 4.78 is 11.4. The van der Waals surface area contributed by atoms with E-state index in [0.717, 1.165) is 43.4 Å². The Morgan fingerprint density at radius 2 is 2.21 bits per heavy atom. The van der Waals surface area contributed by atoms with E-state index in [0.29, 0.717) is 6.04 Å². The van der Waals surface area contributed by atoms with Gasteiger partial charge in [-0.15, -0.1) is 0 Å². The van der Waals surface area contributed by atoms with E-state index in [1.807, 2.05) is 6.20 Å². The van der Waals surface area contributed by atoms with Crippen LogP contribution in [0.25, 0.3) is 0 Å². The van der Waals surface area contributed by atoms with Crippen molar-refractivity contribution < 1.29 is 4.21 Å². The maximum absolute atomic E-state index is 11.4. The molecule has 0 saturated carbocycles. The molecular formula is C14H23N3OS. The molecule has 0 aromatic carbocycles. The third kappa shape index (κ3) is 4.01. The highest BCUT2D eigenvalue weighted by molar-refractivity contribution is 7.85. The van der Waals surface area contributed by atoms with Gasteiger partial charge in [-0.05, 0) is 37.6 Å². The predicted octanol–water partition coefficient (Wildman–Crippen LogP) is 1.71. The first-order valence-corrected chi connectivity index (χ1v) is 8.48. The third-order valence-corrected chi connectivity index (χ3v) is 4.75. The van der Waals surface area contributed by atoms with Crippen LogP contribution < -0.4 is 10.2 Å². The second kappa shape index (κ2) is 7.01. The first-order valence-electron chi connectivity index (χ1n) is 7.00. The number of nitrogens with one attached hydrogen (secondary N) is 1. The average Bonchev–Trinajstić information content (AvgIpc) is 2.45. The Labute approximate surface area is 118 Å². The molecule has 1 saturated heterocycles. The van der Waals surface area contributed by atoms with E-state index in [4.69, 9.17) is 0 Å². The first kappa shape index (κ1) is 14.5. The predicted molar refractivity (Wildman–Crippen MR) is 81.0 cm³/mol. The summed E-state index contributed by atoms with van der Waals surface area (Å²) in [7, 11) is -0.635. The Kier molecular flexibility index (Phi) is 5.34. The third-order valence-electron chi connectivity index (χ3n) is 3.47. The van der Waals surface area contributed by atoms with Crippen molar-refractivity contribution in [1.82, 2.24) is 10.3 Å². The van der Waals surface area contributed by atoms with Crippen molar-refractivity contribution in [3.63, 3.8) is 0 Å². The molecule has 106 valence electrons. The van der Waals surface area contributed by atoms with Gasteiger partial charge in [0.25, 0.3) is 0 Å². The van der Waals surface area contributed by atoms with Crippen molar-refractivity contribution in [2.45, 2.75) is 26.3 Å². The van der Waals surface area contributed by atoms with Crippen LogP contribution in [0, 0.1) is 0 Å². The molecule has 1 aliphatic heterocycles. The van der Waals surface area contributed by atoms with Gasteiger partial charge in [-0.25, -0.2) is 4.98 Å². The minimum absolute atomic E-state index is 0.348. The number of pyridine rings is 1. The molecule has 1 N–H and O–H groups in total. The standard InChI is InChI=1S/C14H23N3OS/c1-3-5-15-12(2)13-4-6-16-14(11-13)17-7-9-19(18)10-8-17/h4,6,11-12,15H,3,5,7-10H2,1-2H3. The zero-order valence-electron chi connectivity index (χ0n) is 11.8. The van der Waals surface area contributed by atoms with E-state index in [2.05, 4.69) is 41.2 Å². The van der Waals surface area contributed by atoms with E-state index in [9.17, 15) is 4.21 Å². The topological polar surface area (TPSA) is 45.2 Å². The maximum atomic E-state index is 11.4. The molecule has 0 amide bonds. The number of hydrogen-bond donors (Lipinski definition) is 1. The van der Waals surface area contributed by atoms with Gasteiger partial charge < -0.3 is 10.2 Å². The van der Waals surface area contributed by atoms with Crippen LogP contribution in [-0.4, -0.2) is 40.3 Å². The molecule has 1 fully saturated rings. The Balaban J connectivity index is 2.04. The molecule has 1 aromatic rings. The summed E-state index contributed by atoms with van der Waals surface area (Å²) in [5, 5.41) is 3.49. The highest BCUT2D eigenvalue weighted by Crippen LogP contribution is 2.19. The molecule has 0 aliphatic carbocycles. The molecule has 1 atom stereocenters. The van der Waals surface area contributed by atoms with Crippen molar-refractivity contribution in [3.05, 3.63) is 23.9 Å². The van der Waals surface area contributed by atoms with Gasteiger partial charge in [-0.1, -0.05) is 6.92 Å². The van der Waals surface area contributed by atoms with Gasteiger partial charge in [0, 0.05) is 47.6 Å². The zero-order chi connectivity index (χ0) is 13.7. The lowest BCUT2D eigenvalue weighted by Gasteiger charge is -2.28. The Hall–Kier alpha value is -0.940. The summed E-state index contributed by atoms with van der Waals surface area (Å²) in [6.07, 6.45) is 3.01. The minimum atomic E-state index is -0.635. The Morgan fingerprint density at radius 3 is 2.89 bits per heavy atom. The highest BCUT2D eigenvalue weighted by Gasteiger charge is 2.17. The van der Waals surface area contributed by atoms with Crippen molar-refractivity contribution in [2.75, 3.05) is 36.0 Å². The average molecular weight is 281 g/mol. The quantitative estimate of drug-likeness (QED) is 0.892. The van der Waals surface area contributed by atoms with Crippen molar-refractivity contribution in [1.29, 1.82) is 0 Å². The van der Waals surface area contributed by atoms with Gasteiger partial charge in [0.1, 0.15) is 5.82 Å². The van der Waals surface area contributed by atoms with Crippen LogP contribution in [0.5, 0.6) is 0 Å². The molecule has 0 radical (unpaired) electrons. The lowest BCUT2D eigenvalue weighted by Crippen LogP contribution is -2.38. The van der Waals surface area contributed by atoms with Crippen LogP contribution >= 0.6 is 0 Å². The highest BCUT2D eigenvalue weighted by atomic mass is 32.2. The van der Waals surface area contributed by atoms with Gasteiger partial charge >= 0.3 is 0 Å². The zero-order valence-corrected chi connectivity index (χ0v) is 12.6. The van der Waals surface area contributed by atoms with Crippen LogP contribution in [-0.2, 0) is 10.8 Å². The van der Waals surface area contributed by atoms with E-state index in [1.165, 1.54) is 5.56 Å². The lowest BCUT2D eigenvalue weighted by molar-refractivity contribution is 0.570. The molecule has 5 heteroatoms. The Bertz CT molecular complexity index is 428. The summed E-state index contributed by atoms with van der Waals surface area (Å²) in [6, 6.07) is 4.57. The molecule has 1 aliphatic rings. The van der Waals surface area contributed by atoms with Gasteiger partial charge in [0.15, 0.2) is 0 Å². The smallest absolute Gasteiger partial charge is 0.128 e. The SMILES string of the molecule is CCCNC(C)c1ccnc(N2CCS(=O)CC2)c1. The first-order chi connectivity index (χ1) is 9.20. The number of rotatable bonds is 5. The fourth-order valence-electron chi connectivity index (χ4n) is 2.22. The van der Waals surface area contributed by atoms with Crippen molar-refractivity contribution in [2.24, 2.45) is 0 Å². The molecule has 2 heterocycles. The largest absolute Gasteiger partial charge is 0.355 e. The second-order valence-corrected chi connectivity index (χ2v) is 6.65.